The first kappa shape index (κ1) is 32.0. The number of halogens is 2. The lowest BCUT2D eigenvalue weighted by atomic mass is 9.74. The summed E-state index contributed by atoms with van der Waals surface area (Å²) in [5, 5.41) is 5.89. The molecule has 0 saturated carbocycles. The van der Waals surface area contributed by atoms with E-state index < -0.39 is 39.0 Å². The van der Waals surface area contributed by atoms with Crippen LogP contribution >= 0.6 is 0 Å². The van der Waals surface area contributed by atoms with Gasteiger partial charge in [0.15, 0.2) is 0 Å². The van der Waals surface area contributed by atoms with Crippen LogP contribution in [0.2, 0.25) is 0 Å². The van der Waals surface area contributed by atoms with Gasteiger partial charge in [-0.2, -0.15) is 4.31 Å². The van der Waals surface area contributed by atoms with Crippen LogP contribution in [-0.4, -0.2) is 67.3 Å². The molecule has 0 aromatic heterocycles. The lowest BCUT2D eigenvalue weighted by Crippen LogP contribution is -2.57. The van der Waals surface area contributed by atoms with Crippen LogP contribution in [0.5, 0.6) is 0 Å². The number of sulfonamides is 1. The Balaban J connectivity index is 1.34. The largest absolute Gasteiger partial charge is 0.376 e. The van der Waals surface area contributed by atoms with Crippen molar-refractivity contribution in [2.75, 3.05) is 18.4 Å². The fraction of sp³-hybridized carbons (Fsp3) is 0.594. The molecule has 2 aromatic carbocycles. The van der Waals surface area contributed by atoms with Gasteiger partial charge in [-0.05, 0) is 95.0 Å². The highest BCUT2D eigenvalue weighted by Crippen LogP contribution is 2.39. The van der Waals surface area contributed by atoms with Crippen LogP contribution in [0.1, 0.15) is 69.9 Å². The summed E-state index contributed by atoms with van der Waals surface area (Å²) in [6.07, 6.45) is 3.43. The second-order valence-corrected chi connectivity index (χ2v) is 15.0. The Bertz CT molecular complexity index is 1380. The van der Waals surface area contributed by atoms with Crippen molar-refractivity contribution in [3.8, 4) is 0 Å². The van der Waals surface area contributed by atoms with Gasteiger partial charge in [0.25, 0.3) is 0 Å². The van der Waals surface area contributed by atoms with Crippen LogP contribution in [-0.2, 0) is 26.0 Å². The average molecular weight is 619 g/mol. The minimum atomic E-state index is -3.45. The fourth-order valence-corrected chi connectivity index (χ4v) is 9.11. The highest BCUT2D eigenvalue weighted by Gasteiger charge is 2.42. The molecule has 2 aromatic rings. The van der Waals surface area contributed by atoms with E-state index in [9.17, 15) is 17.6 Å². The van der Waals surface area contributed by atoms with Gasteiger partial charge in [0.2, 0.25) is 15.9 Å². The van der Waals surface area contributed by atoms with Crippen LogP contribution in [0.4, 0.5) is 14.5 Å². The number of rotatable bonds is 8. The molecule has 3 heterocycles. The smallest absolute Gasteiger partial charge is 0.241 e. The molecule has 2 bridgehead atoms. The summed E-state index contributed by atoms with van der Waals surface area (Å²) in [7, 11) is -3.45. The highest BCUT2D eigenvalue weighted by molar-refractivity contribution is 7.89. The number of amides is 1. The zero-order valence-corrected chi connectivity index (χ0v) is 26.0. The molecule has 3 aliphatic rings. The first-order chi connectivity index (χ1) is 20.4. The van der Waals surface area contributed by atoms with E-state index in [0.717, 1.165) is 12.0 Å². The third-order valence-electron chi connectivity index (χ3n) is 9.50. The Morgan fingerprint density at radius 3 is 2.49 bits per heavy atom. The first-order valence-electron chi connectivity index (χ1n) is 15.4. The fourth-order valence-electron chi connectivity index (χ4n) is 7.23. The molecule has 3 fully saturated rings. The van der Waals surface area contributed by atoms with Crippen LogP contribution in [0.15, 0.2) is 42.5 Å². The van der Waals surface area contributed by atoms with Crippen molar-refractivity contribution < 1.29 is 26.7 Å². The molecule has 3 aliphatic heterocycles. The minimum absolute atomic E-state index is 0.0117. The van der Waals surface area contributed by atoms with Crippen molar-refractivity contribution in [3.05, 3.63) is 65.2 Å². The number of piperazine rings is 1. The summed E-state index contributed by atoms with van der Waals surface area (Å²) >= 11 is 0. The Kier molecular flexibility index (Phi) is 9.87. The van der Waals surface area contributed by atoms with E-state index in [4.69, 9.17) is 10.5 Å². The van der Waals surface area contributed by atoms with Crippen LogP contribution in [0.25, 0.3) is 0 Å². The van der Waals surface area contributed by atoms with E-state index in [2.05, 4.69) is 10.6 Å². The lowest BCUT2D eigenvalue weighted by molar-refractivity contribution is -0.119. The number of carbonyl (C=O) groups is 1. The number of nitrogens with one attached hydrogen (secondary N) is 2. The molecular weight excluding hydrogens is 574 g/mol. The molecule has 0 radical (unpaired) electrons. The van der Waals surface area contributed by atoms with Crippen molar-refractivity contribution in [1.82, 2.24) is 9.62 Å². The Morgan fingerprint density at radius 2 is 1.79 bits per heavy atom. The average Bonchev–Trinajstić information content (AvgIpc) is 3.04. The monoisotopic (exact) mass is 618 g/mol. The van der Waals surface area contributed by atoms with E-state index in [-0.39, 0.29) is 42.4 Å². The summed E-state index contributed by atoms with van der Waals surface area (Å²) in [6.45, 7) is 6.66. The van der Waals surface area contributed by atoms with Gasteiger partial charge in [0.1, 0.15) is 11.6 Å². The third kappa shape index (κ3) is 7.12. The van der Waals surface area contributed by atoms with Gasteiger partial charge in [-0.3, -0.25) is 4.79 Å². The SMILES string of the molecule is CC1CC[C@@H]2CN(C(CCc3c(F)cccc3NC(=O)[C@@H](N)[C@@H](c3ccc(F)cc3)C3C[C@@H](C)O[C@@H](C)C3)CN2)S1(=O)=O. The Labute approximate surface area is 253 Å². The van der Waals surface area contributed by atoms with Crippen molar-refractivity contribution in [2.45, 2.75) is 101 Å². The highest BCUT2D eigenvalue weighted by atomic mass is 32.2. The topological polar surface area (TPSA) is 114 Å². The molecular formula is C32H44F2N4O4S. The molecule has 11 heteroatoms. The number of fused-ring (bicyclic) bond motifs is 2. The quantitative estimate of drug-likeness (QED) is 0.407. The molecule has 43 heavy (non-hydrogen) atoms. The molecule has 3 saturated heterocycles. The second kappa shape index (κ2) is 13.3. The summed E-state index contributed by atoms with van der Waals surface area (Å²) < 4.78 is 63.0. The van der Waals surface area contributed by atoms with Gasteiger partial charge < -0.3 is 21.1 Å². The molecule has 4 N–H and O–H groups in total. The standard InChI is InChI=1S/C32H44F2N4O4S/c1-19-15-23(16-20(2)42-19)30(22-8-10-24(33)11-9-22)31(35)32(39)37-29-6-4-5-28(34)27(29)14-13-26-17-36-25-12-7-21(3)43(40,41)38(26)18-25/h4-6,8-11,19-21,23,25-26,30-31,36H,7,12-18,35H2,1-3H3,(H,37,39)/t19-,20+,21?,23?,25-,26?,30+,31+/m1/s1. The number of hydrogen-bond acceptors (Lipinski definition) is 6. The van der Waals surface area contributed by atoms with Gasteiger partial charge in [0, 0.05) is 42.3 Å². The van der Waals surface area contributed by atoms with E-state index >= 15 is 4.39 Å². The number of nitrogens with zero attached hydrogens (tertiary/aromatic N) is 1. The number of carbonyl (C=O) groups excluding carboxylic acids is 1. The Hall–Kier alpha value is -2.44. The molecule has 1 amide bonds. The van der Waals surface area contributed by atoms with E-state index in [1.54, 1.807) is 29.4 Å². The normalized spacial score (nSPS) is 31.9. The van der Waals surface area contributed by atoms with Crippen LogP contribution in [0.3, 0.4) is 0 Å². The molecule has 4 unspecified atom stereocenters. The number of benzene rings is 2. The molecule has 9 atom stereocenters. The number of ether oxygens (including phenoxy) is 1. The number of nitrogens with two attached hydrogens (primary N) is 1. The maximum Gasteiger partial charge on any atom is 0.241 e. The zero-order chi connectivity index (χ0) is 30.9. The predicted octanol–water partition coefficient (Wildman–Crippen LogP) is 4.31. The van der Waals surface area contributed by atoms with E-state index in [0.29, 0.717) is 50.0 Å². The zero-order valence-electron chi connectivity index (χ0n) is 25.1. The summed E-state index contributed by atoms with van der Waals surface area (Å²) in [4.78, 5) is 13.7. The van der Waals surface area contributed by atoms with Gasteiger partial charge in [0.05, 0.1) is 23.5 Å². The van der Waals surface area contributed by atoms with Gasteiger partial charge in [-0.25, -0.2) is 17.2 Å². The molecule has 0 aliphatic carbocycles. The summed E-state index contributed by atoms with van der Waals surface area (Å²) in [5.41, 5.74) is 8.08. The molecule has 0 spiro atoms. The van der Waals surface area contributed by atoms with E-state index in [1.165, 1.54) is 24.3 Å². The molecule has 236 valence electrons. The lowest BCUT2D eigenvalue weighted by Gasteiger charge is -2.39. The van der Waals surface area contributed by atoms with E-state index in [1.807, 2.05) is 13.8 Å². The van der Waals surface area contributed by atoms with Gasteiger partial charge >= 0.3 is 0 Å². The van der Waals surface area contributed by atoms with Crippen molar-refractivity contribution in [1.29, 1.82) is 0 Å². The third-order valence-corrected chi connectivity index (χ3v) is 11.9. The van der Waals surface area contributed by atoms with Crippen molar-refractivity contribution >= 4 is 21.6 Å². The number of anilines is 1. The maximum atomic E-state index is 15.2. The molecule has 8 nitrogen and oxygen atoms in total. The Morgan fingerprint density at radius 1 is 1.09 bits per heavy atom. The van der Waals surface area contributed by atoms with Gasteiger partial charge in [-0.15, -0.1) is 0 Å². The first-order valence-corrected chi connectivity index (χ1v) is 16.9. The van der Waals surface area contributed by atoms with Crippen LogP contribution < -0.4 is 16.4 Å². The van der Waals surface area contributed by atoms with Crippen LogP contribution in [0, 0.1) is 17.6 Å². The van der Waals surface area contributed by atoms with Gasteiger partial charge in [-0.1, -0.05) is 18.2 Å². The second-order valence-electron chi connectivity index (χ2n) is 12.6. The predicted molar refractivity (Wildman–Crippen MR) is 163 cm³/mol. The molecule has 5 rings (SSSR count). The van der Waals surface area contributed by atoms with Crippen molar-refractivity contribution in [2.24, 2.45) is 11.7 Å². The summed E-state index contributed by atoms with van der Waals surface area (Å²) in [6, 6.07) is 9.45. The number of hydrogen-bond donors (Lipinski definition) is 3. The minimum Gasteiger partial charge on any atom is -0.376 e. The maximum absolute atomic E-state index is 15.2. The van der Waals surface area contributed by atoms with Crippen molar-refractivity contribution in [3.63, 3.8) is 0 Å². The summed E-state index contributed by atoms with van der Waals surface area (Å²) in [5.74, 6) is -1.67.